The van der Waals surface area contributed by atoms with Crippen LogP contribution in [0.4, 0.5) is 5.82 Å². The molecule has 1 unspecified atom stereocenters. The quantitative estimate of drug-likeness (QED) is 0.307. The number of hydrogen-bond acceptors (Lipinski definition) is 9. The van der Waals surface area contributed by atoms with Crippen LogP contribution in [0.15, 0.2) is 23.5 Å². The van der Waals surface area contributed by atoms with Gasteiger partial charge in [-0.25, -0.2) is 15.0 Å². The van der Waals surface area contributed by atoms with Gasteiger partial charge in [-0.3, -0.25) is 4.90 Å². The molecule has 0 radical (unpaired) electrons. The number of thioether (sulfide) groups is 1. The predicted molar refractivity (Wildman–Crippen MR) is 145 cm³/mol. The van der Waals surface area contributed by atoms with E-state index in [0.717, 1.165) is 37.1 Å². The van der Waals surface area contributed by atoms with Gasteiger partial charge in [0, 0.05) is 48.9 Å². The Bertz CT molecular complexity index is 1180. The van der Waals surface area contributed by atoms with Crippen molar-refractivity contribution in [2.75, 3.05) is 66.1 Å². The van der Waals surface area contributed by atoms with Crippen molar-refractivity contribution in [3.8, 4) is 22.8 Å². The normalized spacial score (nSPS) is 16.3. The molecule has 1 aliphatic heterocycles. The minimum atomic E-state index is 0.365. The summed E-state index contributed by atoms with van der Waals surface area (Å²) in [4.78, 5) is 18.8. The molecule has 0 amide bonds. The molecular formula is C24H30Cl2N6O2S. The van der Waals surface area contributed by atoms with Crippen molar-refractivity contribution < 1.29 is 9.47 Å². The van der Waals surface area contributed by atoms with E-state index >= 15 is 0 Å². The lowest BCUT2D eigenvalue weighted by atomic mass is 10.1. The van der Waals surface area contributed by atoms with E-state index in [1.54, 1.807) is 26.5 Å². The fourth-order valence-corrected chi connectivity index (χ4v) is 5.29. The maximum Gasteiger partial charge on any atom is 0.187 e. The van der Waals surface area contributed by atoms with Gasteiger partial charge in [-0.05, 0) is 39.4 Å². The minimum absolute atomic E-state index is 0.365. The molecule has 1 aliphatic rings. The number of methoxy groups -OCH3 is 2. The number of likely N-dealkylation sites (N-methyl/N-ethyl adjacent to an activating group) is 1. The van der Waals surface area contributed by atoms with Crippen LogP contribution < -0.4 is 14.8 Å². The van der Waals surface area contributed by atoms with E-state index < -0.39 is 0 Å². The number of nitrogens with zero attached hydrogens (tertiary/aromatic N) is 5. The molecule has 1 N–H and O–H groups in total. The molecule has 0 spiro atoms. The lowest BCUT2D eigenvalue weighted by Crippen LogP contribution is -2.33. The Hall–Kier alpha value is -2.04. The van der Waals surface area contributed by atoms with Gasteiger partial charge in [0.2, 0.25) is 0 Å². The highest BCUT2D eigenvalue weighted by Crippen LogP contribution is 2.46. The molecule has 8 nitrogen and oxygen atoms in total. The van der Waals surface area contributed by atoms with Gasteiger partial charge in [0.15, 0.2) is 11.0 Å². The Balaban J connectivity index is 1.71. The Kier molecular flexibility index (Phi) is 8.44. The van der Waals surface area contributed by atoms with Crippen LogP contribution in [-0.2, 0) is 0 Å². The number of anilines is 1. The maximum absolute atomic E-state index is 6.69. The zero-order valence-electron chi connectivity index (χ0n) is 20.6. The monoisotopic (exact) mass is 536 g/mol. The van der Waals surface area contributed by atoms with E-state index in [2.05, 4.69) is 34.2 Å². The van der Waals surface area contributed by atoms with Crippen molar-refractivity contribution >= 4 is 51.7 Å². The molecule has 1 saturated heterocycles. The van der Waals surface area contributed by atoms with Gasteiger partial charge in [-0.2, -0.15) is 0 Å². The van der Waals surface area contributed by atoms with Gasteiger partial charge in [-0.1, -0.05) is 35.0 Å². The maximum atomic E-state index is 6.69. The summed E-state index contributed by atoms with van der Waals surface area (Å²) in [5.74, 6) is 1.57. The molecule has 0 aliphatic carbocycles. The SMILES string of the molecule is COc1cc(OC)c(Cl)c(-c2cc3cnc(SC)nc3c(NCCN3CCC(N(C)C)C3)n2)c1Cl. The van der Waals surface area contributed by atoms with Crippen LogP contribution in [0.5, 0.6) is 11.5 Å². The van der Waals surface area contributed by atoms with E-state index in [9.17, 15) is 0 Å². The first-order valence-electron chi connectivity index (χ1n) is 11.3. The Morgan fingerprint density at radius 2 is 1.86 bits per heavy atom. The van der Waals surface area contributed by atoms with E-state index in [-0.39, 0.29) is 0 Å². The number of nitrogens with one attached hydrogen (secondary N) is 1. The van der Waals surface area contributed by atoms with Crippen molar-refractivity contribution in [3.63, 3.8) is 0 Å². The minimum Gasteiger partial charge on any atom is -0.495 e. The summed E-state index contributed by atoms with van der Waals surface area (Å²) < 4.78 is 10.9. The summed E-state index contributed by atoms with van der Waals surface area (Å²) in [5.41, 5.74) is 1.88. The Morgan fingerprint density at radius 3 is 2.46 bits per heavy atom. The average molecular weight is 538 g/mol. The van der Waals surface area contributed by atoms with Crippen molar-refractivity contribution in [2.24, 2.45) is 0 Å². The summed E-state index contributed by atoms with van der Waals surface area (Å²) in [6.07, 6.45) is 4.93. The summed E-state index contributed by atoms with van der Waals surface area (Å²) in [6.45, 7) is 3.79. The number of pyridine rings is 1. The number of aromatic nitrogens is 3. The average Bonchev–Trinajstić information content (AvgIpc) is 3.33. The summed E-state index contributed by atoms with van der Waals surface area (Å²) in [6, 6.07) is 4.15. The largest absolute Gasteiger partial charge is 0.495 e. The first-order chi connectivity index (χ1) is 16.9. The highest BCUT2D eigenvalue weighted by molar-refractivity contribution is 7.98. The van der Waals surface area contributed by atoms with E-state index in [1.165, 1.54) is 18.2 Å². The van der Waals surface area contributed by atoms with Gasteiger partial charge in [0.1, 0.15) is 17.0 Å². The molecule has 4 rings (SSSR count). The third-order valence-electron chi connectivity index (χ3n) is 6.25. The molecule has 188 valence electrons. The van der Waals surface area contributed by atoms with Gasteiger partial charge in [0.05, 0.1) is 30.0 Å². The smallest absolute Gasteiger partial charge is 0.187 e. The number of hydrogen-bond donors (Lipinski definition) is 1. The van der Waals surface area contributed by atoms with E-state index in [0.29, 0.717) is 49.8 Å². The van der Waals surface area contributed by atoms with Gasteiger partial charge < -0.3 is 19.7 Å². The number of fused-ring (bicyclic) bond motifs is 1. The molecule has 11 heteroatoms. The Labute approximate surface area is 220 Å². The lowest BCUT2D eigenvalue weighted by Gasteiger charge is -2.21. The predicted octanol–water partition coefficient (Wildman–Crippen LogP) is 4.79. The van der Waals surface area contributed by atoms with Crippen molar-refractivity contribution in [1.82, 2.24) is 24.8 Å². The molecule has 3 aromatic rings. The second-order valence-electron chi connectivity index (χ2n) is 8.57. The highest BCUT2D eigenvalue weighted by atomic mass is 35.5. The molecule has 0 bridgehead atoms. The number of ether oxygens (including phenoxy) is 2. The molecule has 35 heavy (non-hydrogen) atoms. The second-order valence-corrected chi connectivity index (χ2v) is 10.1. The molecular weight excluding hydrogens is 507 g/mol. The first kappa shape index (κ1) is 26.0. The lowest BCUT2D eigenvalue weighted by molar-refractivity contribution is 0.273. The molecule has 1 aromatic carbocycles. The number of rotatable bonds is 9. The van der Waals surface area contributed by atoms with Gasteiger partial charge in [-0.15, -0.1) is 0 Å². The van der Waals surface area contributed by atoms with Crippen molar-refractivity contribution in [2.45, 2.75) is 17.6 Å². The van der Waals surface area contributed by atoms with Crippen molar-refractivity contribution in [1.29, 1.82) is 0 Å². The third-order valence-corrected chi connectivity index (χ3v) is 7.57. The zero-order chi connectivity index (χ0) is 25.1. The standard InChI is InChI=1S/C24H30Cl2N6O2S/c1-31(2)15-6-8-32(13-15)9-7-27-23-22-14(12-28-24(30-22)35-5)10-16(29-23)19-20(25)17(33-3)11-18(34-4)21(19)26/h10-12,15H,6-9,13H2,1-5H3,(H,27,29). The van der Waals surface area contributed by atoms with Gasteiger partial charge in [0.25, 0.3) is 0 Å². The number of benzene rings is 1. The molecule has 1 atom stereocenters. The second kappa shape index (κ2) is 11.3. The fourth-order valence-electron chi connectivity index (χ4n) is 4.25. The summed E-state index contributed by atoms with van der Waals surface area (Å²) >= 11 is 14.9. The van der Waals surface area contributed by atoms with Gasteiger partial charge >= 0.3 is 0 Å². The number of halogens is 2. The summed E-state index contributed by atoms with van der Waals surface area (Å²) in [5, 5.41) is 5.75. The third kappa shape index (κ3) is 5.54. The van der Waals surface area contributed by atoms with Crippen LogP contribution in [0.2, 0.25) is 10.0 Å². The van der Waals surface area contributed by atoms with E-state index in [4.69, 9.17) is 42.6 Å². The topological polar surface area (TPSA) is 75.6 Å². The van der Waals surface area contributed by atoms with Crippen LogP contribution in [-0.4, -0.2) is 91.5 Å². The van der Waals surface area contributed by atoms with Crippen molar-refractivity contribution in [3.05, 3.63) is 28.4 Å². The van der Waals surface area contributed by atoms with Crippen LogP contribution in [0, 0.1) is 0 Å². The first-order valence-corrected chi connectivity index (χ1v) is 13.3. The molecule has 2 aromatic heterocycles. The number of likely N-dealkylation sites (tertiary alicyclic amines) is 1. The van der Waals surface area contributed by atoms with Crippen LogP contribution >= 0.6 is 35.0 Å². The van der Waals surface area contributed by atoms with Crippen LogP contribution in [0.25, 0.3) is 22.2 Å². The van der Waals surface area contributed by atoms with Crippen LogP contribution in [0.3, 0.4) is 0 Å². The Morgan fingerprint density at radius 1 is 1.14 bits per heavy atom. The molecule has 3 heterocycles. The summed E-state index contributed by atoms with van der Waals surface area (Å²) in [7, 11) is 7.38. The zero-order valence-corrected chi connectivity index (χ0v) is 22.9. The molecule has 1 fully saturated rings. The van der Waals surface area contributed by atoms with E-state index in [1.807, 2.05) is 12.3 Å². The van der Waals surface area contributed by atoms with Crippen LogP contribution in [0.1, 0.15) is 6.42 Å². The molecule has 0 saturated carbocycles. The highest BCUT2D eigenvalue weighted by Gasteiger charge is 2.24. The fraction of sp³-hybridized carbons (Fsp3) is 0.458.